The first-order valence-electron chi connectivity index (χ1n) is 10.4. The van der Waals surface area contributed by atoms with E-state index >= 15 is 0 Å². The summed E-state index contributed by atoms with van der Waals surface area (Å²) in [5.74, 6) is -0.777. The summed E-state index contributed by atoms with van der Waals surface area (Å²) < 4.78 is 33.3. The van der Waals surface area contributed by atoms with Crippen LogP contribution in [-0.4, -0.2) is 44.2 Å². The molecule has 0 spiro atoms. The topological polar surface area (TPSA) is 105 Å². The SMILES string of the molecule is CCc1ccc(NC(=O)C2CCCN(S(=O)(=O)c3cc4c(cc3Cl)NC(=O)CO4)C2)cc1. The zero-order valence-electron chi connectivity index (χ0n) is 17.6. The van der Waals surface area contributed by atoms with E-state index in [1.807, 2.05) is 24.3 Å². The Labute approximate surface area is 191 Å². The molecule has 1 saturated heterocycles. The Morgan fingerprint density at radius 3 is 2.75 bits per heavy atom. The molecule has 2 aromatic rings. The summed E-state index contributed by atoms with van der Waals surface area (Å²) in [5.41, 5.74) is 2.18. The average molecular weight is 478 g/mol. The Morgan fingerprint density at radius 1 is 1.28 bits per heavy atom. The van der Waals surface area contributed by atoms with Gasteiger partial charge in [-0.3, -0.25) is 9.59 Å². The predicted octanol–water partition coefficient (Wildman–Crippen LogP) is 3.27. The summed E-state index contributed by atoms with van der Waals surface area (Å²) in [5, 5.41) is 5.47. The van der Waals surface area contributed by atoms with E-state index in [1.54, 1.807) is 0 Å². The Hall–Kier alpha value is -2.62. The number of nitrogens with one attached hydrogen (secondary N) is 2. The third-order valence-electron chi connectivity index (χ3n) is 5.67. The van der Waals surface area contributed by atoms with Crippen LogP contribution in [0.1, 0.15) is 25.3 Å². The number of carbonyl (C=O) groups excluding carboxylic acids is 2. The van der Waals surface area contributed by atoms with Gasteiger partial charge in [0, 0.05) is 24.8 Å². The molecule has 2 aliphatic rings. The Kier molecular flexibility index (Phi) is 6.41. The second-order valence-electron chi connectivity index (χ2n) is 7.86. The lowest BCUT2D eigenvalue weighted by atomic mass is 9.98. The summed E-state index contributed by atoms with van der Waals surface area (Å²) in [6.07, 6.45) is 2.06. The molecule has 32 heavy (non-hydrogen) atoms. The number of amides is 2. The largest absolute Gasteiger partial charge is 0.482 e. The van der Waals surface area contributed by atoms with Crippen molar-refractivity contribution in [3.8, 4) is 5.75 Å². The minimum atomic E-state index is -3.96. The number of hydrogen-bond acceptors (Lipinski definition) is 5. The lowest BCUT2D eigenvalue weighted by molar-refractivity contribution is -0.121. The molecule has 0 radical (unpaired) electrons. The maximum Gasteiger partial charge on any atom is 0.262 e. The van der Waals surface area contributed by atoms with Gasteiger partial charge in [-0.25, -0.2) is 8.42 Å². The van der Waals surface area contributed by atoms with Crippen molar-refractivity contribution in [2.24, 2.45) is 5.92 Å². The number of hydrogen-bond donors (Lipinski definition) is 2. The van der Waals surface area contributed by atoms with Crippen molar-refractivity contribution in [3.05, 3.63) is 47.0 Å². The number of anilines is 2. The summed E-state index contributed by atoms with van der Waals surface area (Å²) >= 11 is 6.25. The number of piperidine rings is 1. The fraction of sp³-hybridized carbons (Fsp3) is 0.364. The molecule has 0 aliphatic carbocycles. The van der Waals surface area contributed by atoms with Crippen LogP contribution >= 0.6 is 11.6 Å². The van der Waals surface area contributed by atoms with Gasteiger partial charge in [0.05, 0.1) is 16.6 Å². The van der Waals surface area contributed by atoms with Crippen molar-refractivity contribution in [1.29, 1.82) is 0 Å². The van der Waals surface area contributed by atoms with Gasteiger partial charge in [0.15, 0.2) is 6.61 Å². The van der Waals surface area contributed by atoms with E-state index in [9.17, 15) is 18.0 Å². The number of halogens is 1. The van der Waals surface area contributed by atoms with Gasteiger partial charge in [-0.1, -0.05) is 30.7 Å². The first kappa shape index (κ1) is 22.6. The Balaban J connectivity index is 1.51. The molecule has 2 aliphatic heterocycles. The van der Waals surface area contributed by atoms with Crippen molar-refractivity contribution < 1.29 is 22.7 Å². The molecular formula is C22H24ClN3O5S. The van der Waals surface area contributed by atoms with Crippen LogP contribution in [0.15, 0.2) is 41.3 Å². The highest BCUT2D eigenvalue weighted by atomic mass is 35.5. The molecule has 2 aromatic carbocycles. The highest BCUT2D eigenvalue weighted by Gasteiger charge is 2.35. The highest BCUT2D eigenvalue weighted by molar-refractivity contribution is 7.89. The van der Waals surface area contributed by atoms with Gasteiger partial charge in [0.2, 0.25) is 15.9 Å². The first-order valence-corrected chi connectivity index (χ1v) is 12.3. The standard InChI is InChI=1S/C22H24ClN3O5S/c1-2-14-5-7-16(8-6-14)24-22(28)15-4-3-9-26(12-15)32(29,30)20-11-19-18(10-17(20)23)25-21(27)13-31-19/h5-8,10-11,15H,2-4,9,12-13H2,1H3,(H,24,28)(H,25,27). The minimum Gasteiger partial charge on any atom is -0.482 e. The molecule has 10 heteroatoms. The highest BCUT2D eigenvalue weighted by Crippen LogP contribution is 2.37. The van der Waals surface area contributed by atoms with Gasteiger partial charge in [-0.2, -0.15) is 4.31 Å². The minimum absolute atomic E-state index is 0.0165. The number of benzene rings is 2. The van der Waals surface area contributed by atoms with Gasteiger partial charge >= 0.3 is 0 Å². The molecule has 170 valence electrons. The fourth-order valence-corrected chi connectivity index (χ4v) is 5.90. The van der Waals surface area contributed by atoms with Gasteiger partial charge in [0.1, 0.15) is 10.6 Å². The van der Waals surface area contributed by atoms with Crippen molar-refractivity contribution in [2.45, 2.75) is 31.1 Å². The molecule has 8 nitrogen and oxygen atoms in total. The zero-order chi connectivity index (χ0) is 22.9. The lowest BCUT2D eigenvalue weighted by Gasteiger charge is -2.31. The molecule has 2 N–H and O–H groups in total. The molecule has 0 aromatic heterocycles. The molecule has 0 saturated carbocycles. The van der Waals surface area contributed by atoms with Gasteiger partial charge in [-0.15, -0.1) is 0 Å². The summed E-state index contributed by atoms with van der Waals surface area (Å²) in [7, 11) is -3.96. The number of nitrogens with zero attached hydrogens (tertiary/aromatic N) is 1. The molecule has 1 atom stereocenters. The summed E-state index contributed by atoms with van der Waals surface area (Å²) in [4.78, 5) is 24.2. The van der Waals surface area contributed by atoms with Crippen LogP contribution in [0.3, 0.4) is 0 Å². The van der Waals surface area contributed by atoms with Crippen LogP contribution in [0.5, 0.6) is 5.75 Å². The van der Waals surface area contributed by atoms with Crippen molar-refractivity contribution in [3.63, 3.8) is 0 Å². The van der Waals surface area contributed by atoms with Crippen LogP contribution in [0.2, 0.25) is 5.02 Å². The van der Waals surface area contributed by atoms with Gasteiger partial charge < -0.3 is 15.4 Å². The average Bonchev–Trinajstić information content (AvgIpc) is 2.79. The number of sulfonamides is 1. The van der Waals surface area contributed by atoms with E-state index in [0.29, 0.717) is 30.8 Å². The molecule has 1 fully saturated rings. The zero-order valence-corrected chi connectivity index (χ0v) is 19.1. The monoisotopic (exact) mass is 477 g/mol. The molecule has 1 unspecified atom stereocenters. The van der Waals surface area contributed by atoms with Crippen molar-refractivity contribution >= 4 is 44.8 Å². The normalized spacial score (nSPS) is 18.9. The van der Waals surface area contributed by atoms with Gasteiger partial charge in [0.25, 0.3) is 5.91 Å². The molecule has 4 rings (SSSR count). The van der Waals surface area contributed by atoms with Crippen molar-refractivity contribution in [2.75, 3.05) is 30.3 Å². The predicted molar refractivity (Wildman–Crippen MR) is 122 cm³/mol. The van der Waals surface area contributed by atoms with Crippen LogP contribution in [0, 0.1) is 5.92 Å². The molecule has 0 bridgehead atoms. The first-order chi connectivity index (χ1) is 15.3. The molecule has 2 heterocycles. The number of carbonyl (C=O) groups is 2. The second kappa shape index (κ2) is 9.09. The second-order valence-corrected chi connectivity index (χ2v) is 10.2. The van der Waals surface area contributed by atoms with E-state index in [-0.39, 0.29) is 40.6 Å². The molecule has 2 amide bonds. The van der Waals surface area contributed by atoms with E-state index in [2.05, 4.69) is 17.6 Å². The number of rotatable bonds is 5. The van der Waals surface area contributed by atoms with Crippen molar-refractivity contribution in [1.82, 2.24) is 4.31 Å². The van der Waals surface area contributed by atoms with E-state index in [1.165, 1.54) is 22.0 Å². The van der Waals surface area contributed by atoms with Crippen LogP contribution in [0.4, 0.5) is 11.4 Å². The summed E-state index contributed by atoms with van der Waals surface area (Å²) in [6, 6.07) is 10.3. The fourth-order valence-electron chi connectivity index (χ4n) is 3.86. The quantitative estimate of drug-likeness (QED) is 0.687. The number of aryl methyl sites for hydroxylation is 1. The maximum atomic E-state index is 13.3. The third kappa shape index (κ3) is 4.60. The Morgan fingerprint density at radius 2 is 2.03 bits per heavy atom. The lowest BCUT2D eigenvalue weighted by Crippen LogP contribution is -2.43. The van der Waals surface area contributed by atoms with Crippen LogP contribution in [-0.2, 0) is 26.0 Å². The van der Waals surface area contributed by atoms with Crippen LogP contribution in [0.25, 0.3) is 0 Å². The molecular weight excluding hydrogens is 454 g/mol. The maximum absolute atomic E-state index is 13.3. The summed E-state index contributed by atoms with van der Waals surface area (Å²) in [6.45, 7) is 2.22. The smallest absolute Gasteiger partial charge is 0.262 e. The van der Waals surface area contributed by atoms with E-state index in [0.717, 1.165) is 6.42 Å². The number of ether oxygens (including phenoxy) is 1. The number of fused-ring (bicyclic) bond motifs is 1. The Bertz CT molecular complexity index is 1150. The third-order valence-corrected chi connectivity index (χ3v) is 8.00. The van der Waals surface area contributed by atoms with E-state index in [4.69, 9.17) is 16.3 Å². The van der Waals surface area contributed by atoms with E-state index < -0.39 is 15.9 Å². The van der Waals surface area contributed by atoms with Gasteiger partial charge in [-0.05, 0) is 43.0 Å². The van der Waals surface area contributed by atoms with Crippen LogP contribution < -0.4 is 15.4 Å².